The van der Waals surface area contributed by atoms with E-state index >= 15 is 0 Å². The number of hydrogen-bond acceptors (Lipinski definition) is 0. The summed E-state index contributed by atoms with van der Waals surface area (Å²) in [5.41, 5.74) is 2.24. The molecular formula is C18H24. The van der Waals surface area contributed by atoms with Gasteiger partial charge in [0, 0.05) is 0 Å². The molecule has 0 heteroatoms. The van der Waals surface area contributed by atoms with Gasteiger partial charge in [-0.1, -0.05) is 37.3 Å². The smallest absolute Gasteiger partial charge is 0.0243 e. The van der Waals surface area contributed by atoms with Gasteiger partial charge in [0.1, 0.15) is 0 Å². The molecule has 0 spiro atoms. The molecular weight excluding hydrogens is 216 g/mol. The van der Waals surface area contributed by atoms with Gasteiger partial charge in [0.15, 0.2) is 0 Å². The molecule has 0 radical (unpaired) electrons. The quantitative estimate of drug-likeness (QED) is 0.703. The molecule has 0 nitrogen and oxygen atoms in total. The summed E-state index contributed by atoms with van der Waals surface area (Å²) in [6, 6.07) is 11.2. The SMILES string of the molecule is CC12CC3CC(CC(C3)C1Cc1ccccc1)C2. The Morgan fingerprint density at radius 2 is 1.67 bits per heavy atom. The third-order valence-electron chi connectivity index (χ3n) is 6.21. The zero-order valence-corrected chi connectivity index (χ0v) is 11.4. The normalized spacial score (nSPS) is 45.4. The fraction of sp³-hybridized carbons (Fsp3) is 0.667. The van der Waals surface area contributed by atoms with Crippen molar-refractivity contribution < 1.29 is 0 Å². The molecule has 0 heterocycles. The van der Waals surface area contributed by atoms with Crippen LogP contribution in [-0.4, -0.2) is 0 Å². The van der Waals surface area contributed by atoms with Crippen LogP contribution in [0.25, 0.3) is 0 Å². The molecule has 96 valence electrons. The summed E-state index contributed by atoms with van der Waals surface area (Å²) < 4.78 is 0. The zero-order valence-electron chi connectivity index (χ0n) is 11.4. The van der Waals surface area contributed by atoms with E-state index in [1.54, 1.807) is 24.8 Å². The molecule has 4 saturated carbocycles. The van der Waals surface area contributed by atoms with Gasteiger partial charge >= 0.3 is 0 Å². The van der Waals surface area contributed by atoms with Gasteiger partial charge in [0.25, 0.3) is 0 Å². The average Bonchev–Trinajstić information content (AvgIpc) is 2.34. The minimum atomic E-state index is 0.671. The van der Waals surface area contributed by atoms with Crippen molar-refractivity contribution in [3.63, 3.8) is 0 Å². The van der Waals surface area contributed by atoms with Crippen LogP contribution in [0.1, 0.15) is 44.6 Å². The first kappa shape index (κ1) is 11.1. The van der Waals surface area contributed by atoms with Gasteiger partial charge in [-0.2, -0.15) is 0 Å². The molecule has 0 amide bonds. The van der Waals surface area contributed by atoms with Crippen LogP contribution in [0.15, 0.2) is 30.3 Å². The van der Waals surface area contributed by atoms with Gasteiger partial charge in [-0.15, -0.1) is 0 Å². The second-order valence-electron chi connectivity index (χ2n) is 7.56. The fourth-order valence-corrected chi connectivity index (χ4v) is 5.83. The molecule has 4 aliphatic rings. The van der Waals surface area contributed by atoms with E-state index in [0.29, 0.717) is 5.41 Å². The standard InChI is InChI=1S/C18H24/c1-18-11-14-7-15(12-18)9-16(8-14)17(18)10-13-5-3-2-4-6-13/h2-6,14-17H,7-12H2,1H3. The highest BCUT2D eigenvalue weighted by molar-refractivity contribution is 5.17. The molecule has 1 aromatic rings. The van der Waals surface area contributed by atoms with Crippen molar-refractivity contribution in [1.82, 2.24) is 0 Å². The Morgan fingerprint density at radius 1 is 1.00 bits per heavy atom. The van der Waals surface area contributed by atoms with Crippen LogP contribution < -0.4 is 0 Å². The number of rotatable bonds is 2. The summed E-state index contributed by atoms with van der Waals surface area (Å²) in [4.78, 5) is 0. The highest BCUT2D eigenvalue weighted by Gasteiger charge is 2.54. The maximum absolute atomic E-state index is 2.60. The van der Waals surface area contributed by atoms with E-state index in [0.717, 1.165) is 23.7 Å². The first-order valence-corrected chi connectivity index (χ1v) is 7.77. The minimum Gasteiger partial charge on any atom is -0.0622 e. The maximum Gasteiger partial charge on any atom is -0.0243 e. The third kappa shape index (κ3) is 1.65. The molecule has 18 heavy (non-hydrogen) atoms. The van der Waals surface area contributed by atoms with E-state index in [1.165, 1.54) is 19.3 Å². The lowest BCUT2D eigenvalue weighted by Gasteiger charge is -2.60. The van der Waals surface area contributed by atoms with Crippen LogP contribution >= 0.6 is 0 Å². The molecule has 3 atom stereocenters. The number of benzene rings is 1. The van der Waals surface area contributed by atoms with Gasteiger partial charge < -0.3 is 0 Å². The number of hydrogen-bond donors (Lipinski definition) is 0. The molecule has 4 bridgehead atoms. The van der Waals surface area contributed by atoms with E-state index in [4.69, 9.17) is 0 Å². The summed E-state index contributed by atoms with van der Waals surface area (Å²) in [5, 5.41) is 0. The second kappa shape index (κ2) is 3.85. The van der Waals surface area contributed by atoms with E-state index in [-0.39, 0.29) is 0 Å². The first-order valence-electron chi connectivity index (χ1n) is 7.77. The van der Waals surface area contributed by atoms with Crippen molar-refractivity contribution >= 4 is 0 Å². The maximum atomic E-state index is 2.60. The molecule has 0 aliphatic heterocycles. The lowest BCUT2D eigenvalue weighted by atomic mass is 9.45. The lowest BCUT2D eigenvalue weighted by Crippen LogP contribution is -2.51. The summed E-state index contributed by atoms with van der Waals surface area (Å²) >= 11 is 0. The largest absolute Gasteiger partial charge is 0.0622 e. The Balaban J connectivity index is 1.61. The summed E-state index contributed by atoms with van der Waals surface area (Å²) in [6.45, 7) is 2.60. The molecule has 0 N–H and O–H groups in total. The first-order chi connectivity index (χ1) is 8.73. The Morgan fingerprint density at radius 3 is 2.28 bits per heavy atom. The highest BCUT2D eigenvalue weighted by atomic mass is 14.6. The van der Waals surface area contributed by atoms with Crippen molar-refractivity contribution in [2.24, 2.45) is 29.1 Å². The monoisotopic (exact) mass is 240 g/mol. The summed E-state index contributed by atoms with van der Waals surface area (Å²) in [5.74, 6) is 4.17. The molecule has 0 aromatic heterocycles. The van der Waals surface area contributed by atoms with Gasteiger partial charge in [-0.25, -0.2) is 0 Å². The van der Waals surface area contributed by atoms with Gasteiger partial charge in [0.05, 0.1) is 0 Å². The van der Waals surface area contributed by atoms with Crippen LogP contribution in [0.3, 0.4) is 0 Å². The molecule has 0 saturated heterocycles. The fourth-order valence-electron chi connectivity index (χ4n) is 5.83. The minimum absolute atomic E-state index is 0.671. The summed E-state index contributed by atoms with van der Waals surface area (Å²) in [7, 11) is 0. The Kier molecular flexibility index (Phi) is 2.37. The third-order valence-corrected chi connectivity index (χ3v) is 6.21. The molecule has 1 aromatic carbocycles. The molecule has 3 unspecified atom stereocenters. The highest BCUT2D eigenvalue weighted by Crippen LogP contribution is 2.63. The van der Waals surface area contributed by atoms with Gasteiger partial charge in [-0.05, 0) is 73.2 Å². The van der Waals surface area contributed by atoms with E-state index in [1.807, 2.05) is 0 Å². The van der Waals surface area contributed by atoms with Crippen molar-refractivity contribution in [2.45, 2.75) is 45.4 Å². The van der Waals surface area contributed by atoms with E-state index in [9.17, 15) is 0 Å². The Labute approximate surface area is 111 Å². The summed E-state index contributed by atoms with van der Waals surface area (Å²) in [6.07, 6.45) is 9.04. The van der Waals surface area contributed by atoms with Crippen molar-refractivity contribution in [1.29, 1.82) is 0 Å². The second-order valence-corrected chi connectivity index (χ2v) is 7.56. The van der Waals surface area contributed by atoms with Crippen LogP contribution in [-0.2, 0) is 6.42 Å². The van der Waals surface area contributed by atoms with Crippen LogP contribution in [0.4, 0.5) is 0 Å². The lowest BCUT2D eigenvalue weighted by molar-refractivity contribution is -0.0980. The zero-order chi connectivity index (χ0) is 12.2. The van der Waals surface area contributed by atoms with Gasteiger partial charge in [-0.3, -0.25) is 0 Å². The predicted octanol–water partition coefficient (Wildman–Crippen LogP) is 4.69. The van der Waals surface area contributed by atoms with E-state index < -0.39 is 0 Å². The Bertz CT molecular complexity index is 419. The van der Waals surface area contributed by atoms with Crippen molar-refractivity contribution in [2.75, 3.05) is 0 Å². The molecule has 4 fully saturated rings. The molecule has 5 rings (SSSR count). The van der Waals surface area contributed by atoms with E-state index in [2.05, 4.69) is 37.3 Å². The van der Waals surface area contributed by atoms with Crippen molar-refractivity contribution in [3.05, 3.63) is 35.9 Å². The predicted molar refractivity (Wildman–Crippen MR) is 75.3 cm³/mol. The Hall–Kier alpha value is -0.780. The topological polar surface area (TPSA) is 0 Å². The van der Waals surface area contributed by atoms with Crippen LogP contribution in [0.2, 0.25) is 0 Å². The van der Waals surface area contributed by atoms with Crippen molar-refractivity contribution in [3.8, 4) is 0 Å². The van der Waals surface area contributed by atoms with Gasteiger partial charge in [0.2, 0.25) is 0 Å². The van der Waals surface area contributed by atoms with Crippen LogP contribution in [0.5, 0.6) is 0 Å². The molecule has 4 aliphatic carbocycles. The van der Waals surface area contributed by atoms with Crippen LogP contribution in [0, 0.1) is 29.1 Å². The average molecular weight is 240 g/mol.